The average Bonchev–Trinajstić information content (AvgIpc) is 3.37. The lowest BCUT2D eigenvalue weighted by Crippen LogP contribution is -2.14. The molecule has 0 spiro atoms. The summed E-state index contributed by atoms with van der Waals surface area (Å²) >= 11 is 0. The summed E-state index contributed by atoms with van der Waals surface area (Å²) in [6, 6.07) is 51.1. The molecule has 0 unspecified atom stereocenters. The van der Waals surface area contributed by atoms with Crippen LogP contribution in [0.5, 0.6) is 0 Å². The van der Waals surface area contributed by atoms with Crippen molar-refractivity contribution in [3.63, 3.8) is 0 Å². The SMILES string of the molecule is c1ccc2c(c1)-c1ccccc1N(c1ncnc(-c3ccc(-n4c5ccccc5c5ccccc54)cc3)n1)c1ccccc1-2. The van der Waals surface area contributed by atoms with Crippen LogP contribution >= 0.6 is 0 Å². The highest BCUT2D eigenvalue weighted by atomic mass is 15.3. The highest BCUT2D eigenvalue weighted by Crippen LogP contribution is 2.49. The number of para-hydroxylation sites is 4. The van der Waals surface area contributed by atoms with Crippen molar-refractivity contribution in [3.8, 4) is 39.3 Å². The second kappa shape index (κ2) is 9.75. The second-order valence-corrected chi connectivity index (χ2v) is 10.9. The third-order valence-electron chi connectivity index (χ3n) is 8.52. The Hall–Kier alpha value is -6.07. The van der Waals surface area contributed by atoms with Crippen LogP contribution in [0.4, 0.5) is 17.3 Å². The van der Waals surface area contributed by atoms with Gasteiger partial charge in [0.05, 0.1) is 22.4 Å². The summed E-state index contributed by atoms with van der Waals surface area (Å²) < 4.78 is 2.32. The molecule has 0 amide bonds. The number of aromatic nitrogens is 4. The highest BCUT2D eigenvalue weighted by Gasteiger charge is 2.27. The number of anilines is 3. The average molecular weight is 564 g/mol. The van der Waals surface area contributed by atoms with Crippen molar-refractivity contribution in [2.75, 3.05) is 4.90 Å². The van der Waals surface area contributed by atoms with E-state index in [0.29, 0.717) is 11.8 Å². The predicted octanol–water partition coefficient (Wildman–Crippen LogP) is 9.75. The largest absolute Gasteiger partial charge is 0.309 e. The van der Waals surface area contributed by atoms with Gasteiger partial charge >= 0.3 is 0 Å². The minimum atomic E-state index is 0.578. The number of hydrogen-bond donors (Lipinski definition) is 0. The van der Waals surface area contributed by atoms with Gasteiger partial charge in [0, 0.05) is 33.2 Å². The Bertz CT molecular complexity index is 2230. The van der Waals surface area contributed by atoms with Crippen LogP contribution in [-0.2, 0) is 0 Å². The van der Waals surface area contributed by atoms with E-state index in [0.717, 1.165) is 33.8 Å². The van der Waals surface area contributed by atoms with Crippen molar-refractivity contribution in [2.45, 2.75) is 0 Å². The Morgan fingerprint density at radius 3 is 1.52 bits per heavy atom. The van der Waals surface area contributed by atoms with Gasteiger partial charge in [0.25, 0.3) is 0 Å². The first kappa shape index (κ1) is 24.5. The van der Waals surface area contributed by atoms with Crippen LogP contribution < -0.4 is 4.90 Å². The zero-order valence-corrected chi connectivity index (χ0v) is 23.7. The van der Waals surface area contributed by atoms with Crippen molar-refractivity contribution in [1.29, 1.82) is 0 Å². The minimum absolute atomic E-state index is 0.578. The summed E-state index contributed by atoms with van der Waals surface area (Å²) in [5, 5.41) is 2.49. The summed E-state index contributed by atoms with van der Waals surface area (Å²) in [4.78, 5) is 16.5. The summed E-state index contributed by atoms with van der Waals surface area (Å²) in [6.07, 6.45) is 1.61. The fraction of sp³-hybridized carbons (Fsp3) is 0. The molecule has 0 saturated carbocycles. The molecule has 0 aliphatic carbocycles. The highest BCUT2D eigenvalue weighted by molar-refractivity contribution is 6.09. The lowest BCUT2D eigenvalue weighted by atomic mass is 9.95. The molecule has 8 aromatic rings. The van der Waals surface area contributed by atoms with Crippen LogP contribution in [0.15, 0.2) is 152 Å². The molecule has 206 valence electrons. The van der Waals surface area contributed by atoms with Gasteiger partial charge in [-0.1, -0.05) is 97.1 Å². The van der Waals surface area contributed by atoms with Gasteiger partial charge in [-0.05, 0) is 59.7 Å². The zero-order valence-electron chi connectivity index (χ0n) is 23.7. The Kier molecular flexibility index (Phi) is 5.43. The molecule has 0 N–H and O–H groups in total. The van der Waals surface area contributed by atoms with E-state index in [1.54, 1.807) is 6.33 Å². The quantitative estimate of drug-likeness (QED) is 0.215. The predicted molar refractivity (Wildman–Crippen MR) is 179 cm³/mol. The van der Waals surface area contributed by atoms with E-state index < -0.39 is 0 Å². The number of hydrogen-bond acceptors (Lipinski definition) is 4. The molecule has 5 heteroatoms. The Labute approximate surface area is 254 Å². The van der Waals surface area contributed by atoms with E-state index in [-0.39, 0.29) is 0 Å². The van der Waals surface area contributed by atoms with Crippen molar-refractivity contribution >= 4 is 39.1 Å². The molecule has 44 heavy (non-hydrogen) atoms. The molecule has 2 aromatic heterocycles. The van der Waals surface area contributed by atoms with E-state index in [1.165, 1.54) is 32.9 Å². The molecule has 0 fully saturated rings. The lowest BCUT2D eigenvalue weighted by Gasteiger charge is -2.25. The van der Waals surface area contributed by atoms with E-state index >= 15 is 0 Å². The summed E-state index contributed by atoms with van der Waals surface area (Å²) in [6.45, 7) is 0. The Balaban J connectivity index is 1.17. The molecule has 9 rings (SSSR count). The normalized spacial score (nSPS) is 12.0. The van der Waals surface area contributed by atoms with Gasteiger partial charge in [0.15, 0.2) is 5.82 Å². The Morgan fingerprint density at radius 1 is 0.432 bits per heavy atom. The molecule has 3 heterocycles. The maximum Gasteiger partial charge on any atom is 0.238 e. The maximum atomic E-state index is 5.06. The smallest absolute Gasteiger partial charge is 0.238 e. The molecular formula is C39H25N5. The van der Waals surface area contributed by atoms with E-state index in [9.17, 15) is 0 Å². The molecule has 0 atom stereocenters. The van der Waals surface area contributed by atoms with E-state index in [1.807, 2.05) is 0 Å². The molecule has 6 aromatic carbocycles. The van der Waals surface area contributed by atoms with Gasteiger partial charge in [-0.25, -0.2) is 9.97 Å². The van der Waals surface area contributed by atoms with Crippen LogP contribution in [0.25, 0.3) is 61.1 Å². The zero-order chi connectivity index (χ0) is 29.0. The first-order valence-corrected chi connectivity index (χ1v) is 14.7. The van der Waals surface area contributed by atoms with Gasteiger partial charge in [0.2, 0.25) is 5.95 Å². The third kappa shape index (κ3) is 3.69. The molecule has 0 radical (unpaired) electrons. The van der Waals surface area contributed by atoms with Crippen LogP contribution in [0.2, 0.25) is 0 Å². The summed E-state index contributed by atoms with van der Waals surface area (Å²) in [5.41, 5.74) is 11.1. The fourth-order valence-corrected chi connectivity index (χ4v) is 6.59. The molecular weight excluding hydrogens is 538 g/mol. The van der Waals surface area contributed by atoms with Crippen LogP contribution in [0.3, 0.4) is 0 Å². The van der Waals surface area contributed by atoms with E-state index in [2.05, 4.69) is 160 Å². The van der Waals surface area contributed by atoms with Crippen molar-refractivity contribution in [2.24, 2.45) is 0 Å². The minimum Gasteiger partial charge on any atom is -0.309 e. The van der Waals surface area contributed by atoms with E-state index in [4.69, 9.17) is 9.97 Å². The Morgan fingerprint density at radius 2 is 0.932 bits per heavy atom. The van der Waals surface area contributed by atoms with Gasteiger partial charge in [-0.2, -0.15) is 4.98 Å². The first-order chi connectivity index (χ1) is 21.8. The molecule has 1 aliphatic rings. The van der Waals surface area contributed by atoms with Gasteiger partial charge in [0.1, 0.15) is 6.33 Å². The summed E-state index contributed by atoms with van der Waals surface area (Å²) in [5.74, 6) is 1.20. The van der Waals surface area contributed by atoms with Crippen molar-refractivity contribution < 1.29 is 0 Å². The van der Waals surface area contributed by atoms with Crippen LogP contribution in [-0.4, -0.2) is 19.5 Å². The third-order valence-corrected chi connectivity index (χ3v) is 8.52. The number of fused-ring (bicyclic) bond motifs is 8. The fourth-order valence-electron chi connectivity index (χ4n) is 6.59. The number of nitrogens with zero attached hydrogens (tertiary/aromatic N) is 5. The van der Waals surface area contributed by atoms with Gasteiger partial charge in [-0.15, -0.1) is 0 Å². The number of rotatable bonds is 3. The first-order valence-electron chi connectivity index (χ1n) is 14.7. The number of benzene rings is 6. The maximum absolute atomic E-state index is 5.06. The second-order valence-electron chi connectivity index (χ2n) is 10.9. The van der Waals surface area contributed by atoms with Crippen molar-refractivity contribution in [3.05, 3.63) is 152 Å². The molecule has 0 saturated heterocycles. The van der Waals surface area contributed by atoms with Gasteiger partial charge < -0.3 is 4.57 Å². The monoisotopic (exact) mass is 563 g/mol. The van der Waals surface area contributed by atoms with Gasteiger partial charge in [-0.3, -0.25) is 4.90 Å². The summed E-state index contributed by atoms with van der Waals surface area (Å²) in [7, 11) is 0. The topological polar surface area (TPSA) is 46.8 Å². The van der Waals surface area contributed by atoms with Crippen molar-refractivity contribution in [1.82, 2.24) is 19.5 Å². The molecule has 1 aliphatic heterocycles. The van der Waals surface area contributed by atoms with Crippen LogP contribution in [0, 0.1) is 0 Å². The molecule has 0 bridgehead atoms. The standard InChI is InChI=1S/C39H25N5/c1-2-12-29-28(11-1)30-13-3-9-19-36(30)44(37-20-10-4-14-31(29)37)39-41-25-40-38(42-39)26-21-23-27(24-22-26)43-34-17-7-5-15-32(34)33-16-6-8-18-35(33)43/h1-25H. The lowest BCUT2D eigenvalue weighted by molar-refractivity contribution is 1.02. The van der Waals surface area contributed by atoms with Crippen LogP contribution in [0.1, 0.15) is 0 Å². The molecule has 5 nitrogen and oxygen atoms in total.